The number of carbonyl (C=O) groups is 2. The molecule has 1 atom stereocenters. The summed E-state index contributed by atoms with van der Waals surface area (Å²) >= 11 is 0. The Hall–Kier alpha value is -3.07. The third-order valence-electron chi connectivity index (χ3n) is 3.38. The van der Waals surface area contributed by atoms with Crippen molar-refractivity contribution in [3.63, 3.8) is 0 Å². The van der Waals surface area contributed by atoms with Gasteiger partial charge in [0.15, 0.2) is 0 Å². The highest BCUT2D eigenvalue weighted by Gasteiger charge is 2.26. The Morgan fingerprint density at radius 2 is 1.96 bits per heavy atom. The minimum Gasteiger partial charge on any atom is -0.475 e. The van der Waals surface area contributed by atoms with E-state index in [0.29, 0.717) is 18.0 Å². The van der Waals surface area contributed by atoms with Gasteiger partial charge in [-0.05, 0) is 31.2 Å². The number of benzene rings is 1. The molecule has 0 radical (unpaired) electrons. The number of anilines is 1. The van der Waals surface area contributed by atoms with Crippen LogP contribution in [0.1, 0.15) is 23.2 Å². The number of furan rings is 1. The minimum atomic E-state index is -1.18. The topological polar surface area (TPSA) is 94.5 Å². The molecule has 0 bridgehead atoms. The number of hydrogen-bond acceptors (Lipinski definition) is 4. The summed E-state index contributed by atoms with van der Waals surface area (Å²) in [6.07, 6.45) is 0.0337. The van der Waals surface area contributed by atoms with Gasteiger partial charge >= 0.3 is 5.97 Å². The van der Waals surface area contributed by atoms with Crippen LogP contribution in [0.2, 0.25) is 0 Å². The Morgan fingerprint density at radius 1 is 1.26 bits per heavy atom. The van der Waals surface area contributed by atoms with E-state index in [1.54, 1.807) is 12.1 Å². The molecule has 1 N–H and O–H groups in total. The fourth-order valence-corrected chi connectivity index (χ4v) is 2.25. The van der Waals surface area contributed by atoms with Crippen molar-refractivity contribution in [3.8, 4) is 6.07 Å². The molecule has 2 rings (SSSR count). The number of aromatic carboxylic acids is 1. The maximum atomic E-state index is 12.6. The van der Waals surface area contributed by atoms with Crippen LogP contribution in [-0.2, 0) is 11.2 Å². The molecule has 1 heterocycles. The molecule has 6 nitrogen and oxygen atoms in total. The van der Waals surface area contributed by atoms with Gasteiger partial charge < -0.3 is 14.4 Å². The van der Waals surface area contributed by atoms with Crippen LogP contribution in [0.15, 0.2) is 46.9 Å². The third-order valence-corrected chi connectivity index (χ3v) is 3.38. The van der Waals surface area contributed by atoms with Crippen molar-refractivity contribution in [1.29, 1.82) is 5.26 Å². The lowest BCUT2D eigenvalue weighted by Gasteiger charge is -2.23. The van der Waals surface area contributed by atoms with Crippen LogP contribution in [-0.4, -0.2) is 23.5 Å². The van der Waals surface area contributed by atoms with Crippen molar-refractivity contribution in [3.05, 3.63) is 54.0 Å². The molecule has 0 aliphatic carbocycles. The summed E-state index contributed by atoms with van der Waals surface area (Å²) in [5, 5.41) is 18.1. The van der Waals surface area contributed by atoms with Crippen LogP contribution in [0.25, 0.3) is 0 Å². The first kappa shape index (κ1) is 16.3. The zero-order valence-electron chi connectivity index (χ0n) is 12.6. The molecule has 0 saturated heterocycles. The van der Waals surface area contributed by atoms with Gasteiger partial charge in [0.25, 0.3) is 0 Å². The second-order valence-corrected chi connectivity index (χ2v) is 4.87. The third kappa shape index (κ3) is 3.77. The Labute approximate surface area is 133 Å². The number of amides is 1. The average molecular weight is 312 g/mol. The summed E-state index contributed by atoms with van der Waals surface area (Å²) in [6.45, 7) is 2.26. The number of rotatable bonds is 6. The van der Waals surface area contributed by atoms with Crippen LogP contribution < -0.4 is 4.90 Å². The van der Waals surface area contributed by atoms with Crippen molar-refractivity contribution in [2.45, 2.75) is 13.3 Å². The van der Waals surface area contributed by atoms with Crippen molar-refractivity contribution < 1.29 is 19.1 Å². The van der Waals surface area contributed by atoms with Crippen molar-refractivity contribution in [1.82, 2.24) is 0 Å². The van der Waals surface area contributed by atoms with Crippen molar-refractivity contribution >= 4 is 17.6 Å². The number of hydrogen-bond donors (Lipinski definition) is 1. The van der Waals surface area contributed by atoms with E-state index in [1.807, 2.05) is 31.2 Å². The molecular formula is C17H16N2O4. The lowest BCUT2D eigenvalue weighted by Crippen LogP contribution is -2.36. The molecule has 2 aromatic rings. The normalized spacial score (nSPS) is 11.5. The highest BCUT2D eigenvalue weighted by atomic mass is 16.4. The maximum Gasteiger partial charge on any atom is 0.371 e. The van der Waals surface area contributed by atoms with Gasteiger partial charge in [-0.1, -0.05) is 18.2 Å². The predicted octanol–water partition coefficient (Wildman–Crippen LogP) is 2.71. The van der Waals surface area contributed by atoms with E-state index in [0.717, 1.165) is 0 Å². The number of para-hydroxylation sites is 1. The molecule has 1 unspecified atom stereocenters. The molecule has 23 heavy (non-hydrogen) atoms. The fraction of sp³-hybridized carbons (Fsp3) is 0.235. The monoisotopic (exact) mass is 312 g/mol. The Morgan fingerprint density at radius 3 is 2.48 bits per heavy atom. The highest BCUT2D eigenvalue weighted by molar-refractivity contribution is 5.96. The summed E-state index contributed by atoms with van der Waals surface area (Å²) < 4.78 is 5.13. The van der Waals surface area contributed by atoms with Crippen LogP contribution in [0.4, 0.5) is 5.69 Å². The number of carbonyl (C=O) groups excluding carboxylic acids is 1. The first-order valence-corrected chi connectivity index (χ1v) is 7.14. The average Bonchev–Trinajstić information content (AvgIpc) is 3.03. The second-order valence-electron chi connectivity index (χ2n) is 4.87. The summed E-state index contributed by atoms with van der Waals surface area (Å²) in [5.74, 6) is -2.38. The number of nitrogens with zero attached hydrogens (tertiary/aromatic N) is 2. The molecule has 1 aromatic heterocycles. The first-order valence-electron chi connectivity index (χ1n) is 7.14. The van der Waals surface area contributed by atoms with E-state index < -0.39 is 11.9 Å². The van der Waals surface area contributed by atoms with Gasteiger partial charge in [-0.3, -0.25) is 4.79 Å². The molecule has 0 spiro atoms. The number of carboxylic acids is 1. The van der Waals surface area contributed by atoms with E-state index in [-0.39, 0.29) is 18.1 Å². The molecule has 1 aromatic carbocycles. The smallest absolute Gasteiger partial charge is 0.371 e. The summed E-state index contributed by atoms with van der Waals surface area (Å²) in [4.78, 5) is 24.9. The molecule has 0 saturated carbocycles. The van der Waals surface area contributed by atoms with Gasteiger partial charge in [0.1, 0.15) is 11.7 Å². The SMILES string of the molecule is CCN(C(=O)C(C#N)Cc1ccc(C(=O)O)o1)c1ccccc1. The zero-order valence-corrected chi connectivity index (χ0v) is 12.6. The predicted molar refractivity (Wildman–Crippen MR) is 82.9 cm³/mol. The Bertz CT molecular complexity index is 731. The molecule has 6 heteroatoms. The summed E-state index contributed by atoms with van der Waals surface area (Å²) in [7, 11) is 0. The Balaban J connectivity index is 2.17. The van der Waals surface area contributed by atoms with Crippen molar-refractivity contribution in [2.75, 3.05) is 11.4 Å². The summed E-state index contributed by atoms with van der Waals surface area (Å²) in [6, 6.07) is 13.8. The van der Waals surface area contributed by atoms with Crippen LogP contribution >= 0.6 is 0 Å². The van der Waals surface area contributed by atoms with Gasteiger partial charge in [0.2, 0.25) is 11.7 Å². The molecule has 1 amide bonds. The number of nitriles is 1. The lowest BCUT2D eigenvalue weighted by molar-refractivity contribution is -0.120. The van der Waals surface area contributed by atoms with Gasteiger partial charge in [0, 0.05) is 18.7 Å². The van der Waals surface area contributed by atoms with Crippen LogP contribution in [0.3, 0.4) is 0 Å². The van der Waals surface area contributed by atoms with E-state index >= 15 is 0 Å². The second kappa shape index (κ2) is 7.27. The van der Waals surface area contributed by atoms with E-state index in [9.17, 15) is 14.9 Å². The molecular weight excluding hydrogens is 296 g/mol. The van der Waals surface area contributed by atoms with E-state index in [1.165, 1.54) is 17.0 Å². The first-order chi connectivity index (χ1) is 11.1. The summed E-state index contributed by atoms with van der Waals surface area (Å²) in [5.41, 5.74) is 0.714. The molecule has 0 aliphatic heterocycles. The molecule has 118 valence electrons. The van der Waals surface area contributed by atoms with Crippen LogP contribution in [0, 0.1) is 17.2 Å². The van der Waals surface area contributed by atoms with Crippen LogP contribution in [0.5, 0.6) is 0 Å². The standard InChI is InChI=1S/C17H16N2O4/c1-2-19(13-6-4-3-5-7-13)16(20)12(11-18)10-14-8-9-15(23-14)17(21)22/h3-9,12H,2,10H2,1H3,(H,21,22). The maximum absolute atomic E-state index is 12.6. The zero-order chi connectivity index (χ0) is 16.8. The Kier molecular flexibility index (Phi) is 5.15. The highest BCUT2D eigenvalue weighted by Crippen LogP contribution is 2.19. The fourth-order valence-electron chi connectivity index (χ4n) is 2.25. The molecule has 0 aliphatic rings. The van der Waals surface area contributed by atoms with Gasteiger partial charge in [-0.2, -0.15) is 5.26 Å². The number of carboxylic acid groups (broad SMARTS) is 1. The molecule has 0 fully saturated rings. The van der Waals surface area contributed by atoms with E-state index in [2.05, 4.69) is 0 Å². The van der Waals surface area contributed by atoms with E-state index in [4.69, 9.17) is 9.52 Å². The minimum absolute atomic E-state index is 0.0337. The van der Waals surface area contributed by atoms with Gasteiger partial charge in [0.05, 0.1) is 6.07 Å². The van der Waals surface area contributed by atoms with Crippen molar-refractivity contribution in [2.24, 2.45) is 5.92 Å². The quantitative estimate of drug-likeness (QED) is 0.885. The lowest BCUT2D eigenvalue weighted by atomic mass is 10.0. The van der Waals surface area contributed by atoms with Gasteiger partial charge in [-0.15, -0.1) is 0 Å². The largest absolute Gasteiger partial charge is 0.475 e. The van der Waals surface area contributed by atoms with Gasteiger partial charge in [-0.25, -0.2) is 4.79 Å².